The summed E-state index contributed by atoms with van der Waals surface area (Å²) in [5.41, 5.74) is 6.87. The maximum absolute atomic E-state index is 12.7. The van der Waals surface area contributed by atoms with Crippen LogP contribution in [0.5, 0.6) is 0 Å². The zero-order valence-corrected chi connectivity index (χ0v) is 11.1. The summed E-state index contributed by atoms with van der Waals surface area (Å²) in [5.74, 6) is -0.202. The van der Waals surface area contributed by atoms with Gasteiger partial charge in [-0.15, -0.1) is 0 Å². The highest BCUT2D eigenvalue weighted by molar-refractivity contribution is 5.76. The number of hydrogen-bond acceptors (Lipinski definition) is 2. The molecule has 19 heavy (non-hydrogen) atoms. The van der Waals surface area contributed by atoms with Crippen molar-refractivity contribution in [3.05, 3.63) is 35.6 Å². The predicted octanol–water partition coefficient (Wildman–Crippen LogP) is 2.00. The highest BCUT2D eigenvalue weighted by Gasteiger charge is 2.35. The van der Waals surface area contributed by atoms with Crippen molar-refractivity contribution in [2.24, 2.45) is 11.1 Å². The number of hydrogen-bond donors (Lipinski definition) is 2. The van der Waals surface area contributed by atoms with Crippen LogP contribution >= 0.6 is 0 Å². The molecule has 0 radical (unpaired) electrons. The lowest BCUT2D eigenvalue weighted by Gasteiger charge is -2.41. The molecule has 0 aromatic heterocycles. The number of rotatable bonds is 6. The van der Waals surface area contributed by atoms with Gasteiger partial charge in [0.2, 0.25) is 5.91 Å². The van der Waals surface area contributed by atoms with E-state index in [0.717, 1.165) is 18.4 Å². The van der Waals surface area contributed by atoms with Gasteiger partial charge in [0.05, 0.1) is 0 Å². The zero-order valence-electron chi connectivity index (χ0n) is 11.1. The van der Waals surface area contributed by atoms with Crippen LogP contribution in [0.15, 0.2) is 24.3 Å². The molecule has 1 aliphatic carbocycles. The van der Waals surface area contributed by atoms with Gasteiger partial charge in [-0.05, 0) is 48.9 Å². The Balaban J connectivity index is 1.71. The maximum Gasteiger partial charge on any atom is 0.220 e. The number of carbonyl (C=O) groups excluding carboxylic acids is 1. The molecular weight excluding hydrogens is 243 g/mol. The monoisotopic (exact) mass is 264 g/mol. The lowest BCUT2D eigenvalue weighted by atomic mass is 9.69. The first-order valence-electron chi connectivity index (χ1n) is 6.85. The van der Waals surface area contributed by atoms with Crippen LogP contribution in [0.2, 0.25) is 0 Å². The van der Waals surface area contributed by atoms with E-state index in [9.17, 15) is 9.18 Å². The smallest absolute Gasteiger partial charge is 0.220 e. The van der Waals surface area contributed by atoms with Gasteiger partial charge in [0.1, 0.15) is 5.82 Å². The Morgan fingerprint density at radius 3 is 2.53 bits per heavy atom. The SMILES string of the molecule is NCC1(CNC(=O)CCc2ccc(F)cc2)CCC1. The van der Waals surface area contributed by atoms with Gasteiger partial charge in [0, 0.05) is 13.0 Å². The third kappa shape index (κ3) is 3.77. The molecule has 1 amide bonds. The van der Waals surface area contributed by atoms with Crippen molar-refractivity contribution in [1.29, 1.82) is 0 Å². The molecule has 1 fully saturated rings. The number of benzene rings is 1. The second kappa shape index (κ2) is 6.15. The van der Waals surface area contributed by atoms with Crippen molar-refractivity contribution in [3.63, 3.8) is 0 Å². The molecule has 1 aromatic carbocycles. The fraction of sp³-hybridized carbons (Fsp3) is 0.533. The van der Waals surface area contributed by atoms with Gasteiger partial charge in [0.15, 0.2) is 0 Å². The van der Waals surface area contributed by atoms with Crippen LogP contribution in [-0.2, 0) is 11.2 Å². The molecule has 1 aliphatic rings. The molecule has 0 unspecified atom stereocenters. The molecule has 3 nitrogen and oxygen atoms in total. The van der Waals surface area contributed by atoms with E-state index in [1.165, 1.54) is 18.6 Å². The molecule has 0 aliphatic heterocycles. The van der Waals surface area contributed by atoms with E-state index in [0.29, 0.717) is 25.9 Å². The lowest BCUT2D eigenvalue weighted by Crippen LogP contribution is -2.46. The number of carbonyl (C=O) groups is 1. The number of halogens is 1. The van der Waals surface area contributed by atoms with E-state index >= 15 is 0 Å². The summed E-state index contributed by atoms with van der Waals surface area (Å²) in [4.78, 5) is 11.8. The third-order valence-electron chi connectivity index (χ3n) is 4.06. The van der Waals surface area contributed by atoms with E-state index in [2.05, 4.69) is 5.32 Å². The van der Waals surface area contributed by atoms with E-state index in [4.69, 9.17) is 5.73 Å². The summed E-state index contributed by atoms with van der Waals surface area (Å²) in [6.07, 6.45) is 4.51. The Hall–Kier alpha value is -1.42. The molecule has 0 heterocycles. The quantitative estimate of drug-likeness (QED) is 0.825. The zero-order chi connectivity index (χ0) is 13.7. The number of nitrogens with one attached hydrogen (secondary N) is 1. The first-order valence-corrected chi connectivity index (χ1v) is 6.85. The summed E-state index contributed by atoms with van der Waals surface area (Å²) >= 11 is 0. The molecule has 2 rings (SSSR count). The maximum atomic E-state index is 12.7. The van der Waals surface area contributed by atoms with Crippen molar-refractivity contribution >= 4 is 5.91 Å². The van der Waals surface area contributed by atoms with Crippen molar-refractivity contribution in [1.82, 2.24) is 5.32 Å². The average molecular weight is 264 g/mol. The normalized spacial score (nSPS) is 16.7. The van der Waals surface area contributed by atoms with Gasteiger partial charge in [-0.1, -0.05) is 18.6 Å². The van der Waals surface area contributed by atoms with Crippen LogP contribution in [0.1, 0.15) is 31.2 Å². The van der Waals surface area contributed by atoms with Gasteiger partial charge < -0.3 is 11.1 Å². The summed E-state index contributed by atoms with van der Waals surface area (Å²) < 4.78 is 12.7. The average Bonchev–Trinajstić information content (AvgIpc) is 2.37. The highest BCUT2D eigenvalue weighted by Crippen LogP contribution is 2.39. The van der Waals surface area contributed by atoms with Gasteiger partial charge in [-0.25, -0.2) is 4.39 Å². The standard InChI is InChI=1S/C15H21FN2O/c16-13-5-2-12(3-6-13)4-7-14(19)18-11-15(10-17)8-1-9-15/h2-3,5-6H,1,4,7-11,17H2,(H,18,19). The molecular formula is C15H21FN2O. The first-order chi connectivity index (χ1) is 9.13. The molecule has 4 heteroatoms. The number of amides is 1. The number of aryl methyl sites for hydroxylation is 1. The minimum atomic E-state index is -0.247. The summed E-state index contributed by atoms with van der Waals surface area (Å²) in [5, 5.41) is 2.96. The molecule has 1 saturated carbocycles. The Morgan fingerprint density at radius 2 is 2.00 bits per heavy atom. The van der Waals surface area contributed by atoms with Crippen LogP contribution < -0.4 is 11.1 Å². The van der Waals surface area contributed by atoms with Crippen molar-refractivity contribution in [2.75, 3.05) is 13.1 Å². The van der Waals surface area contributed by atoms with Gasteiger partial charge >= 0.3 is 0 Å². The minimum Gasteiger partial charge on any atom is -0.355 e. The van der Waals surface area contributed by atoms with Crippen LogP contribution in [-0.4, -0.2) is 19.0 Å². The van der Waals surface area contributed by atoms with Crippen LogP contribution in [0, 0.1) is 11.2 Å². The highest BCUT2D eigenvalue weighted by atomic mass is 19.1. The largest absolute Gasteiger partial charge is 0.355 e. The van der Waals surface area contributed by atoms with Crippen LogP contribution in [0.3, 0.4) is 0 Å². The fourth-order valence-corrected chi connectivity index (χ4v) is 2.41. The summed E-state index contributed by atoms with van der Waals surface area (Å²) in [6.45, 7) is 1.33. The van der Waals surface area contributed by atoms with Gasteiger partial charge in [-0.2, -0.15) is 0 Å². The second-order valence-electron chi connectivity index (χ2n) is 5.46. The third-order valence-corrected chi connectivity index (χ3v) is 4.06. The fourth-order valence-electron chi connectivity index (χ4n) is 2.41. The predicted molar refractivity (Wildman–Crippen MR) is 73.1 cm³/mol. The van der Waals surface area contributed by atoms with Crippen molar-refractivity contribution in [2.45, 2.75) is 32.1 Å². The topological polar surface area (TPSA) is 55.1 Å². The van der Waals surface area contributed by atoms with Crippen LogP contribution in [0.4, 0.5) is 4.39 Å². The molecule has 1 aromatic rings. The Bertz CT molecular complexity index is 421. The summed E-state index contributed by atoms with van der Waals surface area (Å²) in [6, 6.07) is 6.28. The minimum absolute atomic E-state index is 0.0454. The van der Waals surface area contributed by atoms with E-state index in [1.54, 1.807) is 12.1 Å². The molecule has 3 N–H and O–H groups in total. The molecule has 0 bridgehead atoms. The Kier molecular flexibility index (Phi) is 4.53. The molecule has 0 spiro atoms. The summed E-state index contributed by atoms with van der Waals surface area (Å²) in [7, 11) is 0. The van der Waals surface area contributed by atoms with Crippen molar-refractivity contribution < 1.29 is 9.18 Å². The van der Waals surface area contributed by atoms with Crippen molar-refractivity contribution in [3.8, 4) is 0 Å². The molecule has 0 saturated heterocycles. The van der Waals surface area contributed by atoms with Crippen LogP contribution in [0.25, 0.3) is 0 Å². The number of nitrogens with two attached hydrogens (primary N) is 1. The van der Waals surface area contributed by atoms with Gasteiger partial charge in [0.25, 0.3) is 0 Å². The lowest BCUT2D eigenvalue weighted by molar-refractivity contribution is -0.121. The van der Waals surface area contributed by atoms with E-state index < -0.39 is 0 Å². The van der Waals surface area contributed by atoms with Gasteiger partial charge in [-0.3, -0.25) is 4.79 Å². The van der Waals surface area contributed by atoms with E-state index in [-0.39, 0.29) is 17.1 Å². The second-order valence-corrected chi connectivity index (χ2v) is 5.46. The Morgan fingerprint density at radius 1 is 1.32 bits per heavy atom. The first kappa shape index (κ1) is 14.0. The Labute approximate surface area is 113 Å². The molecule has 104 valence electrons. The van der Waals surface area contributed by atoms with E-state index in [1.807, 2.05) is 0 Å². The molecule has 0 atom stereocenters.